The molecule has 0 aliphatic rings. The normalized spacial score (nSPS) is 12.2. The van der Waals surface area contributed by atoms with Crippen LogP contribution in [0.15, 0.2) is 71.8 Å². The molecule has 6 nitrogen and oxygen atoms in total. The highest BCUT2D eigenvalue weighted by Crippen LogP contribution is 2.32. The Labute approximate surface area is 199 Å². The smallest absolute Gasteiger partial charge is 0.406 e. The van der Waals surface area contributed by atoms with Crippen LogP contribution in [0.1, 0.15) is 11.1 Å². The third-order valence-corrected chi connectivity index (χ3v) is 6.95. The minimum absolute atomic E-state index is 0.195. The lowest BCUT2D eigenvalue weighted by atomic mass is 10.1. The van der Waals surface area contributed by atoms with Crippen molar-refractivity contribution < 1.29 is 30.7 Å². The van der Waals surface area contributed by atoms with Gasteiger partial charge >= 0.3 is 6.36 Å². The summed E-state index contributed by atoms with van der Waals surface area (Å²) in [7, 11) is -2.38. The number of rotatable bonds is 7. The Balaban J connectivity index is 1.76. The Bertz CT molecular complexity index is 1500. The Morgan fingerprint density at radius 2 is 1.80 bits per heavy atom. The molecule has 0 radical (unpaired) electrons. The number of benzene rings is 3. The quantitative estimate of drug-likeness (QED) is 0.315. The largest absolute Gasteiger partial charge is 0.573 e. The second kappa shape index (κ2) is 9.23. The maximum absolute atomic E-state index is 13.8. The predicted octanol–water partition coefficient (Wildman–Crippen LogP) is 5.69. The average Bonchev–Trinajstić information content (AvgIpc) is 3.13. The molecule has 35 heavy (non-hydrogen) atoms. The fraction of sp³-hybridized carbons (Fsp3) is 0.167. The number of fused-ring (bicyclic) bond motifs is 1. The van der Waals surface area contributed by atoms with E-state index >= 15 is 0 Å². The Hall–Kier alpha value is -3.57. The van der Waals surface area contributed by atoms with Crippen molar-refractivity contribution in [3.05, 3.63) is 83.8 Å². The van der Waals surface area contributed by atoms with Gasteiger partial charge < -0.3 is 15.4 Å². The molecule has 11 heteroatoms. The van der Waals surface area contributed by atoms with E-state index in [4.69, 9.17) is 0 Å². The van der Waals surface area contributed by atoms with Gasteiger partial charge in [0.15, 0.2) is 0 Å². The van der Waals surface area contributed by atoms with Gasteiger partial charge in [0.05, 0.1) is 10.4 Å². The van der Waals surface area contributed by atoms with Gasteiger partial charge in [-0.25, -0.2) is 16.8 Å². The van der Waals surface area contributed by atoms with Crippen LogP contribution >= 0.6 is 0 Å². The van der Waals surface area contributed by atoms with Crippen molar-refractivity contribution in [1.82, 2.24) is 9.29 Å². The summed E-state index contributed by atoms with van der Waals surface area (Å²) in [4.78, 5) is -0.195. The van der Waals surface area contributed by atoms with Gasteiger partial charge in [0.2, 0.25) is 0 Å². The van der Waals surface area contributed by atoms with Gasteiger partial charge in [0.25, 0.3) is 10.0 Å². The van der Waals surface area contributed by atoms with Crippen molar-refractivity contribution in [3.8, 4) is 5.75 Å². The first-order valence-electron chi connectivity index (χ1n) is 10.4. The highest BCUT2D eigenvalue weighted by molar-refractivity contribution is 7.90. The predicted molar refractivity (Wildman–Crippen MR) is 125 cm³/mol. The zero-order valence-corrected chi connectivity index (χ0v) is 19.5. The standard InChI is InChI=1S/C24H21F4N3O3S/c1-15-10-19(34-24(26,27)28)7-9-22(15)30-18-6-8-21-16(13-29-2)14-31(23(21)12-18)35(32,33)20-5-3-4-17(25)11-20/h3-12,14,29-30H,13H2,1-2H3. The maximum atomic E-state index is 13.8. The molecule has 0 saturated heterocycles. The first-order chi connectivity index (χ1) is 16.5. The van der Waals surface area contributed by atoms with Crippen molar-refractivity contribution in [2.75, 3.05) is 12.4 Å². The number of hydrogen-bond donors (Lipinski definition) is 2. The molecule has 1 aromatic heterocycles. The van der Waals surface area contributed by atoms with E-state index in [1.165, 1.54) is 36.5 Å². The number of alkyl halides is 3. The molecule has 0 amide bonds. The van der Waals surface area contributed by atoms with Gasteiger partial charge in [0, 0.05) is 29.5 Å². The van der Waals surface area contributed by atoms with Crippen molar-refractivity contribution in [3.63, 3.8) is 0 Å². The number of nitrogens with zero attached hydrogens (tertiary/aromatic N) is 1. The molecule has 0 aliphatic carbocycles. The first kappa shape index (κ1) is 24.6. The van der Waals surface area contributed by atoms with Crippen LogP contribution in [0.4, 0.5) is 28.9 Å². The summed E-state index contributed by atoms with van der Waals surface area (Å²) in [6.07, 6.45) is -3.31. The topological polar surface area (TPSA) is 72.4 Å². The van der Waals surface area contributed by atoms with E-state index in [1.807, 2.05) is 0 Å². The third-order valence-electron chi connectivity index (χ3n) is 5.28. The summed E-state index contributed by atoms with van der Waals surface area (Å²) >= 11 is 0. The first-order valence-corrected chi connectivity index (χ1v) is 11.8. The van der Waals surface area contributed by atoms with E-state index in [-0.39, 0.29) is 10.6 Å². The summed E-state index contributed by atoms with van der Waals surface area (Å²) in [6.45, 7) is 2.01. The molecule has 0 saturated carbocycles. The highest BCUT2D eigenvalue weighted by atomic mass is 32.2. The lowest BCUT2D eigenvalue weighted by Gasteiger charge is -2.14. The molecule has 0 fully saturated rings. The van der Waals surface area contributed by atoms with Crippen LogP contribution in [0.3, 0.4) is 0 Å². The Morgan fingerprint density at radius 1 is 1.03 bits per heavy atom. The Morgan fingerprint density at radius 3 is 2.46 bits per heavy atom. The lowest BCUT2D eigenvalue weighted by molar-refractivity contribution is -0.274. The third kappa shape index (κ3) is 5.25. The summed E-state index contributed by atoms with van der Waals surface area (Å²) < 4.78 is 83.0. The van der Waals surface area contributed by atoms with Gasteiger partial charge in [-0.3, -0.25) is 0 Å². The number of aromatic nitrogens is 1. The van der Waals surface area contributed by atoms with Crippen LogP contribution < -0.4 is 15.4 Å². The molecule has 0 bridgehead atoms. The minimum atomic E-state index is -4.80. The van der Waals surface area contributed by atoms with Crippen molar-refractivity contribution >= 4 is 32.3 Å². The van der Waals surface area contributed by atoms with Crippen LogP contribution in [0.25, 0.3) is 10.9 Å². The zero-order chi connectivity index (χ0) is 25.4. The number of nitrogens with one attached hydrogen (secondary N) is 2. The molecule has 0 spiro atoms. The number of halogens is 4. The van der Waals surface area contributed by atoms with E-state index in [0.29, 0.717) is 34.4 Å². The van der Waals surface area contributed by atoms with Gasteiger partial charge in [-0.05, 0) is 73.6 Å². The van der Waals surface area contributed by atoms with Crippen LogP contribution in [0.2, 0.25) is 0 Å². The zero-order valence-electron chi connectivity index (χ0n) is 18.7. The fourth-order valence-corrected chi connectivity index (χ4v) is 5.16. The molecule has 2 N–H and O–H groups in total. The number of ether oxygens (including phenoxy) is 1. The van der Waals surface area contributed by atoms with E-state index in [9.17, 15) is 26.0 Å². The monoisotopic (exact) mass is 507 g/mol. The molecule has 4 rings (SSSR count). The summed E-state index contributed by atoms with van der Waals surface area (Å²) in [5.74, 6) is -1.02. The average molecular weight is 508 g/mol. The molecular weight excluding hydrogens is 486 g/mol. The van der Waals surface area contributed by atoms with Gasteiger partial charge in [-0.15, -0.1) is 13.2 Å². The fourth-order valence-electron chi connectivity index (χ4n) is 3.74. The molecule has 0 atom stereocenters. The van der Waals surface area contributed by atoms with Crippen molar-refractivity contribution in [2.45, 2.75) is 24.7 Å². The summed E-state index contributed by atoms with van der Waals surface area (Å²) in [6, 6.07) is 13.7. The number of hydrogen-bond acceptors (Lipinski definition) is 5. The second-order valence-corrected chi connectivity index (χ2v) is 9.64. The Kier molecular flexibility index (Phi) is 6.48. The van der Waals surface area contributed by atoms with Crippen molar-refractivity contribution in [1.29, 1.82) is 0 Å². The van der Waals surface area contributed by atoms with Gasteiger partial charge in [-0.2, -0.15) is 0 Å². The molecule has 1 heterocycles. The van der Waals surface area contributed by atoms with Gasteiger partial charge in [-0.1, -0.05) is 12.1 Å². The lowest BCUT2D eigenvalue weighted by Crippen LogP contribution is -2.17. The molecule has 184 valence electrons. The molecule has 0 aliphatic heterocycles. The van der Waals surface area contributed by atoms with E-state index in [1.54, 1.807) is 32.2 Å². The number of aryl methyl sites for hydroxylation is 1. The van der Waals surface area contributed by atoms with Gasteiger partial charge in [0.1, 0.15) is 11.6 Å². The maximum Gasteiger partial charge on any atom is 0.573 e. The molecule has 4 aromatic rings. The van der Waals surface area contributed by atoms with E-state index in [0.717, 1.165) is 21.7 Å². The van der Waals surface area contributed by atoms with Crippen molar-refractivity contribution in [2.24, 2.45) is 0 Å². The molecular formula is C24H21F4N3O3S. The van der Waals surface area contributed by atoms with Crippen LogP contribution in [0.5, 0.6) is 5.75 Å². The van der Waals surface area contributed by atoms with E-state index < -0.39 is 22.2 Å². The molecule has 3 aromatic carbocycles. The van der Waals surface area contributed by atoms with E-state index in [2.05, 4.69) is 15.4 Å². The molecule has 0 unspecified atom stereocenters. The van der Waals surface area contributed by atoms with Crippen LogP contribution in [0, 0.1) is 12.7 Å². The SMILES string of the molecule is CNCc1cn(S(=O)(=O)c2cccc(F)c2)c2cc(Nc3ccc(OC(F)(F)F)cc3C)ccc12. The van der Waals surface area contributed by atoms with Crippen LogP contribution in [-0.4, -0.2) is 25.8 Å². The summed E-state index contributed by atoms with van der Waals surface area (Å²) in [5.41, 5.74) is 2.60. The second-order valence-electron chi connectivity index (χ2n) is 7.82. The highest BCUT2D eigenvalue weighted by Gasteiger charge is 2.31. The van der Waals surface area contributed by atoms with Crippen LogP contribution in [-0.2, 0) is 16.6 Å². The summed E-state index contributed by atoms with van der Waals surface area (Å²) in [5, 5.41) is 6.78. The number of anilines is 2. The minimum Gasteiger partial charge on any atom is -0.406 e.